The lowest BCUT2D eigenvalue weighted by Crippen LogP contribution is -2.47. The molecule has 2 aromatic carbocycles. The van der Waals surface area contributed by atoms with Crippen molar-refractivity contribution in [1.29, 1.82) is 0 Å². The zero-order valence-electron chi connectivity index (χ0n) is 15.9. The number of benzene rings is 2. The van der Waals surface area contributed by atoms with Gasteiger partial charge in [-0.05, 0) is 36.6 Å². The number of H-pyrrole nitrogens is 1. The third kappa shape index (κ3) is 3.22. The zero-order valence-corrected chi connectivity index (χ0v) is 15.9. The van der Waals surface area contributed by atoms with Crippen molar-refractivity contribution in [2.45, 2.75) is 26.3 Å². The quantitative estimate of drug-likeness (QED) is 0.647. The number of fused-ring (bicyclic) bond motifs is 2. The molecule has 2 heterocycles. The molecule has 1 aliphatic rings. The van der Waals surface area contributed by atoms with Gasteiger partial charge >= 0.3 is 5.76 Å². The Hall–Kier alpha value is -3.68. The topological polar surface area (TPSA) is 112 Å². The number of aromatic amines is 1. The Balaban J connectivity index is 1.69. The third-order valence-electron chi connectivity index (χ3n) is 4.84. The molecule has 3 amide bonds. The van der Waals surface area contributed by atoms with E-state index in [-0.39, 0.29) is 28.3 Å². The Kier molecular flexibility index (Phi) is 4.54. The summed E-state index contributed by atoms with van der Waals surface area (Å²) in [5.41, 5.74) is 1.51. The summed E-state index contributed by atoms with van der Waals surface area (Å²) in [6, 6.07) is 10.4. The number of anilines is 1. The minimum Gasteiger partial charge on any atom is -0.406 e. The van der Waals surface area contributed by atoms with Crippen molar-refractivity contribution in [3.8, 4) is 0 Å². The predicted octanol–water partition coefficient (Wildman–Crippen LogP) is 2.77. The van der Waals surface area contributed by atoms with Crippen molar-refractivity contribution < 1.29 is 18.8 Å². The fourth-order valence-corrected chi connectivity index (χ4v) is 3.56. The number of imide groups is 1. The maximum Gasteiger partial charge on any atom is 0.417 e. The summed E-state index contributed by atoms with van der Waals surface area (Å²) in [5, 5.41) is 2.71. The van der Waals surface area contributed by atoms with Gasteiger partial charge in [0.25, 0.3) is 11.8 Å². The summed E-state index contributed by atoms with van der Waals surface area (Å²) >= 11 is 0. The lowest BCUT2D eigenvalue weighted by Gasteiger charge is -2.26. The van der Waals surface area contributed by atoms with E-state index in [4.69, 9.17) is 4.42 Å². The van der Waals surface area contributed by atoms with E-state index in [1.165, 1.54) is 0 Å². The number of aromatic nitrogens is 1. The van der Waals surface area contributed by atoms with E-state index in [9.17, 15) is 19.2 Å². The molecular weight excluding hydrogens is 374 g/mol. The molecule has 0 fully saturated rings. The highest BCUT2D eigenvalue weighted by molar-refractivity contribution is 6.23. The molecule has 8 nitrogen and oxygen atoms in total. The number of hydrogen-bond donors (Lipinski definition) is 2. The summed E-state index contributed by atoms with van der Waals surface area (Å²) in [5.74, 6) is -2.09. The normalized spacial score (nSPS) is 14.5. The van der Waals surface area contributed by atoms with Crippen molar-refractivity contribution in [2.75, 3.05) is 5.32 Å². The molecule has 0 aliphatic carbocycles. The number of hydrogen-bond acceptors (Lipinski definition) is 5. The Morgan fingerprint density at radius 1 is 1.03 bits per heavy atom. The molecule has 1 atom stereocenters. The monoisotopic (exact) mass is 393 g/mol. The van der Waals surface area contributed by atoms with Gasteiger partial charge < -0.3 is 9.73 Å². The van der Waals surface area contributed by atoms with Crippen LogP contribution in [-0.2, 0) is 4.79 Å². The van der Waals surface area contributed by atoms with E-state index >= 15 is 0 Å². The van der Waals surface area contributed by atoms with Crippen LogP contribution in [0.1, 0.15) is 41.0 Å². The smallest absolute Gasteiger partial charge is 0.406 e. The molecule has 148 valence electrons. The first-order chi connectivity index (χ1) is 13.9. The van der Waals surface area contributed by atoms with Crippen LogP contribution in [0.25, 0.3) is 11.1 Å². The van der Waals surface area contributed by atoms with Gasteiger partial charge in [-0.15, -0.1) is 0 Å². The average molecular weight is 393 g/mol. The molecule has 0 saturated heterocycles. The average Bonchev–Trinajstić information content (AvgIpc) is 3.18. The summed E-state index contributed by atoms with van der Waals surface area (Å²) in [4.78, 5) is 53.9. The maximum atomic E-state index is 13.1. The first-order valence-corrected chi connectivity index (χ1v) is 9.26. The maximum absolute atomic E-state index is 13.1. The second kappa shape index (κ2) is 7.05. The second-order valence-corrected chi connectivity index (χ2v) is 7.36. The fraction of sp³-hybridized carbons (Fsp3) is 0.238. The summed E-state index contributed by atoms with van der Waals surface area (Å²) in [6.45, 7) is 3.81. The highest BCUT2D eigenvalue weighted by Crippen LogP contribution is 2.28. The minimum absolute atomic E-state index is 0.0519. The molecule has 4 rings (SSSR count). The van der Waals surface area contributed by atoms with Gasteiger partial charge in [0.1, 0.15) is 6.04 Å². The number of amides is 3. The molecule has 8 heteroatoms. The SMILES string of the molecule is CC(C)CC(C(=O)Nc1cccc2[nH]c(=O)oc12)N1C(=O)c2ccccc2C1=O. The van der Waals surface area contributed by atoms with E-state index in [2.05, 4.69) is 10.3 Å². The van der Waals surface area contributed by atoms with Gasteiger partial charge in [0.15, 0.2) is 5.58 Å². The fourth-order valence-electron chi connectivity index (χ4n) is 3.56. The van der Waals surface area contributed by atoms with Gasteiger partial charge in [0.2, 0.25) is 5.91 Å². The van der Waals surface area contributed by atoms with Gasteiger partial charge in [-0.25, -0.2) is 4.79 Å². The van der Waals surface area contributed by atoms with E-state index in [1.54, 1.807) is 42.5 Å². The van der Waals surface area contributed by atoms with Crippen LogP contribution in [0.15, 0.2) is 51.7 Å². The number of nitrogens with zero attached hydrogens (tertiary/aromatic N) is 1. The van der Waals surface area contributed by atoms with E-state index in [0.717, 1.165) is 4.90 Å². The van der Waals surface area contributed by atoms with Crippen molar-refractivity contribution in [3.05, 3.63) is 64.1 Å². The minimum atomic E-state index is -0.997. The first-order valence-electron chi connectivity index (χ1n) is 9.26. The number of carbonyl (C=O) groups is 3. The molecule has 0 saturated carbocycles. The van der Waals surface area contributed by atoms with Crippen molar-refractivity contribution in [2.24, 2.45) is 5.92 Å². The number of para-hydroxylation sites is 1. The number of carbonyl (C=O) groups excluding carboxylic acids is 3. The van der Waals surface area contributed by atoms with Crippen LogP contribution >= 0.6 is 0 Å². The van der Waals surface area contributed by atoms with Crippen LogP contribution < -0.4 is 11.1 Å². The van der Waals surface area contributed by atoms with Gasteiger partial charge in [-0.2, -0.15) is 0 Å². The Morgan fingerprint density at radius 2 is 1.69 bits per heavy atom. The summed E-state index contributed by atoms with van der Waals surface area (Å²) in [7, 11) is 0. The van der Waals surface area contributed by atoms with E-state index < -0.39 is 29.5 Å². The zero-order chi connectivity index (χ0) is 20.7. The highest BCUT2D eigenvalue weighted by Gasteiger charge is 2.42. The summed E-state index contributed by atoms with van der Waals surface area (Å²) < 4.78 is 5.11. The standard InChI is InChI=1S/C21H19N3O5/c1-11(2)10-16(24-19(26)12-6-3-4-7-13(12)20(24)27)18(25)22-14-8-5-9-15-17(14)29-21(28)23-15/h3-9,11,16H,10H2,1-2H3,(H,22,25)(H,23,28). The van der Waals surface area contributed by atoms with Gasteiger partial charge in [-0.3, -0.25) is 24.3 Å². The molecule has 3 aromatic rings. The molecule has 0 bridgehead atoms. The van der Waals surface area contributed by atoms with Crippen LogP contribution in [0.2, 0.25) is 0 Å². The van der Waals surface area contributed by atoms with Gasteiger partial charge in [0.05, 0.1) is 22.3 Å². The van der Waals surface area contributed by atoms with E-state index in [0.29, 0.717) is 11.9 Å². The number of oxazole rings is 1. The molecule has 1 unspecified atom stereocenters. The molecule has 0 radical (unpaired) electrons. The van der Waals surface area contributed by atoms with Gasteiger partial charge in [-0.1, -0.05) is 32.0 Å². The number of rotatable bonds is 5. The van der Waals surface area contributed by atoms with Crippen LogP contribution in [0.4, 0.5) is 5.69 Å². The van der Waals surface area contributed by atoms with Crippen LogP contribution in [-0.4, -0.2) is 33.6 Å². The highest BCUT2D eigenvalue weighted by atomic mass is 16.4. The van der Waals surface area contributed by atoms with Crippen molar-refractivity contribution in [3.63, 3.8) is 0 Å². The Morgan fingerprint density at radius 3 is 2.31 bits per heavy atom. The molecule has 0 spiro atoms. The molecule has 2 N–H and O–H groups in total. The molecule has 29 heavy (non-hydrogen) atoms. The largest absolute Gasteiger partial charge is 0.417 e. The predicted molar refractivity (Wildman–Crippen MR) is 106 cm³/mol. The summed E-state index contributed by atoms with van der Waals surface area (Å²) in [6.07, 6.45) is 0.296. The molecule has 1 aliphatic heterocycles. The first kappa shape index (κ1) is 18.7. The van der Waals surface area contributed by atoms with Crippen molar-refractivity contribution >= 4 is 34.5 Å². The van der Waals surface area contributed by atoms with Crippen LogP contribution in [0.5, 0.6) is 0 Å². The van der Waals surface area contributed by atoms with Crippen molar-refractivity contribution in [1.82, 2.24) is 9.88 Å². The third-order valence-corrected chi connectivity index (χ3v) is 4.84. The number of nitrogens with one attached hydrogen (secondary N) is 2. The Labute approximate surface area is 165 Å². The lowest BCUT2D eigenvalue weighted by molar-refractivity contribution is -0.120. The van der Waals surface area contributed by atoms with Crippen LogP contribution in [0, 0.1) is 5.92 Å². The Bertz CT molecular complexity index is 1160. The van der Waals surface area contributed by atoms with E-state index in [1.807, 2.05) is 13.8 Å². The lowest BCUT2D eigenvalue weighted by atomic mass is 10.0. The van der Waals surface area contributed by atoms with Crippen LogP contribution in [0.3, 0.4) is 0 Å². The molecular formula is C21H19N3O5. The second-order valence-electron chi connectivity index (χ2n) is 7.36. The molecule has 1 aromatic heterocycles. The van der Waals surface area contributed by atoms with Gasteiger partial charge in [0, 0.05) is 0 Å².